The molecule has 12 heteroatoms. The van der Waals surface area contributed by atoms with Crippen molar-refractivity contribution in [2.24, 2.45) is 0 Å². The van der Waals surface area contributed by atoms with Gasteiger partial charge in [0.2, 0.25) is 0 Å². The van der Waals surface area contributed by atoms with Gasteiger partial charge in [0.1, 0.15) is 10.6 Å². The summed E-state index contributed by atoms with van der Waals surface area (Å²) >= 11 is 6.61. The number of halogens is 4. The number of pyridine rings is 3. The standard InChI is InChI=1S/C16H10ClF3N4O2S2/c17-15-14(7-11(8-23-15)16(18,19)20)24(27-12-3-1-5-21-9-12)28(25,26)13-4-2-6-22-10-13/h1-10H. The van der Waals surface area contributed by atoms with E-state index in [0.29, 0.717) is 32.8 Å². The van der Waals surface area contributed by atoms with Crippen LogP contribution in [0.3, 0.4) is 0 Å². The van der Waals surface area contributed by atoms with Gasteiger partial charge in [-0.2, -0.15) is 16.9 Å². The summed E-state index contributed by atoms with van der Waals surface area (Å²) in [5.41, 5.74) is -1.57. The number of alkyl halides is 3. The van der Waals surface area contributed by atoms with Crippen LogP contribution in [0.1, 0.15) is 5.56 Å². The van der Waals surface area contributed by atoms with Crippen LogP contribution in [0.15, 0.2) is 71.1 Å². The molecular weight excluding hydrogens is 437 g/mol. The average Bonchev–Trinajstić information content (AvgIpc) is 2.67. The molecular formula is C16H10ClF3N4O2S2. The first-order valence-corrected chi connectivity index (χ1v) is 10.0. The van der Waals surface area contributed by atoms with Crippen LogP contribution in [0.25, 0.3) is 0 Å². The number of anilines is 1. The van der Waals surface area contributed by atoms with Gasteiger partial charge in [-0.15, -0.1) is 0 Å². The summed E-state index contributed by atoms with van der Waals surface area (Å²) in [6, 6.07) is 6.41. The average molecular weight is 447 g/mol. The molecule has 146 valence electrons. The Labute approximate surface area is 167 Å². The summed E-state index contributed by atoms with van der Waals surface area (Å²) in [6.07, 6.45) is 1.11. The van der Waals surface area contributed by atoms with Crippen molar-refractivity contribution >= 4 is 39.3 Å². The highest BCUT2D eigenvalue weighted by atomic mass is 35.5. The van der Waals surface area contributed by atoms with Crippen LogP contribution in [0.2, 0.25) is 5.15 Å². The molecule has 6 nitrogen and oxygen atoms in total. The zero-order valence-electron chi connectivity index (χ0n) is 13.7. The number of rotatable bonds is 5. The number of sulfonamides is 1. The Morgan fingerprint density at radius 2 is 1.71 bits per heavy atom. The molecule has 3 aromatic heterocycles. The van der Waals surface area contributed by atoms with Crippen molar-refractivity contribution in [3.63, 3.8) is 0 Å². The normalized spacial score (nSPS) is 12.0. The number of aromatic nitrogens is 3. The molecule has 0 amide bonds. The summed E-state index contributed by atoms with van der Waals surface area (Å²) in [5.74, 6) is 0. The molecule has 0 radical (unpaired) electrons. The summed E-state index contributed by atoms with van der Waals surface area (Å²) < 4.78 is 66.3. The highest BCUT2D eigenvalue weighted by Gasteiger charge is 2.35. The minimum atomic E-state index is -4.73. The van der Waals surface area contributed by atoms with Gasteiger partial charge in [-0.1, -0.05) is 11.6 Å². The Hall–Kier alpha value is -2.37. The molecule has 0 saturated heterocycles. The lowest BCUT2D eigenvalue weighted by atomic mass is 10.2. The van der Waals surface area contributed by atoms with E-state index in [1.54, 1.807) is 12.1 Å². The Bertz CT molecular complexity index is 1070. The van der Waals surface area contributed by atoms with Crippen molar-refractivity contribution in [1.82, 2.24) is 15.0 Å². The van der Waals surface area contributed by atoms with Gasteiger partial charge in [0.25, 0.3) is 10.0 Å². The Morgan fingerprint density at radius 3 is 2.29 bits per heavy atom. The second-order valence-electron chi connectivity index (χ2n) is 5.23. The van der Waals surface area contributed by atoms with Crippen LogP contribution >= 0.6 is 23.5 Å². The predicted octanol–water partition coefficient (Wildman–Crippen LogP) is 4.45. The van der Waals surface area contributed by atoms with Gasteiger partial charge in [0.15, 0.2) is 5.15 Å². The maximum Gasteiger partial charge on any atom is 0.417 e. The van der Waals surface area contributed by atoms with Crippen molar-refractivity contribution in [3.05, 3.63) is 72.0 Å². The van der Waals surface area contributed by atoms with Gasteiger partial charge in [-0.3, -0.25) is 9.97 Å². The van der Waals surface area contributed by atoms with E-state index in [1.165, 1.54) is 30.7 Å². The summed E-state index contributed by atoms with van der Waals surface area (Å²) in [6.45, 7) is 0. The zero-order chi connectivity index (χ0) is 20.4. The van der Waals surface area contributed by atoms with Crippen LogP contribution in [-0.2, 0) is 16.2 Å². The van der Waals surface area contributed by atoms with Gasteiger partial charge < -0.3 is 0 Å². The zero-order valence-corrected chi connectivity index (χ0v) is 16.1. The van der Waals surface area contributed by atoms with Crippen LogP contribution in [0.5, 0.6) is 0 Å². The molecule has 0 aliphatic carbocycles. The molecule has 0 unspecified atom stereocenters. The Morgan fingerprint density at radius 1 is 1.04 bits per heavy atom. The van der Waals surface area contributed by atoms with Crippen LogP contribution < -0.4 is 3.71 Å². The lowest BCUT2D eigenvalue weighted by Crippen LogP contribution is -2.25. The maximum atomic E-state index is 13.1. The largest absolute Gasteiger partial charge is 0.417 e. The van der Waals surface area contributed by atoms with Crippen molar-refractivity contribution in [3.8, 4) is 0 Å². The Balaban J connectivity index is 2.17. The van der Waals surface area contributed by atoms with Crippen molar-refractivity contribution < 1.29 is 21.6 Å². The van der Waals surface area contributed by atoms with Crippen LogP contribution in [0.4, 0.5) is 18.9 Å². The van der Waals surface area contributed by atoms with E-state index in [0.717, 1.165) is 6.20 Å². The third-order valence-electron chi connectivity index (χ3n) is 3.32. The fourth-order valence-electron chi connectivity index (χ4n) is 2.04. The monoisotopic (exact) mass is 446 g/mol. The van der Waals surface area contributed by atoms with E-state index in [2.05, 4.69) is 15.0 Å². The highest BCUT2D eigenvalue weighted by Crippen LogP contribution is 2.40. The minimum absolute atomic E-state index is 0.222. The third kappa shape index (κ3) is 4.37. The van der Waals surface area contributed by atoms with E-state index in [1.807, 2.05) is 0 Å². The molecule has 0 bridgehead atoms. The third-order valence-corrected chi connectivity index (χ3v) is 6.71. The molecule has 3 aromatic rings. The summed E-state index contributed by atoms with van der Waals surface area (Å²) in [7, 11) is -4.32. The quantitative estimate of drug-likeness (QED) is 0.426. The molecule has 0 saturated carbocycles. The summed E-state index contributed by atoms with van der Waals surface area (Å²) in [5, 5.41) is -0.406. The van der Waals surface area contributed by atoms with Gasteiger partial charge in [0.05, 0.1) is 5.56 Å². The maximum absolute atomic E-state index is 13.1. The fourth-order valence-corrected chi connectivity index (χ4v) is 4.95. The smallest absolute Gasteiger partial charge is 0.263 e. The summed E-state index contributed by atoms with van der Waals surface area (Å²) in [4.78, 5) is 11.3. The van der Waals surface area contributed by atoms with E-state index in [9.17, 15) is 21.6 Å². The molecule has 0 fully saturated rings. The molecule has 0 aromatic carbocycles. The molecule has 3 rings (SSSR count). The van der Waals surface area contributed by atoms with Gasteiger partial charge in [-0.25, -0.2) is 13.4 Å². The van der Waals surface area contributed by atoms with E-state index in [4.69, 9.17) is 11.6 Å². The second kappa shape index (κ2) is 7.94. The van der Waals surface area contributed by atoms with Gasteiger partial charge in [0, 0.05) is 47.8 Å². The van der Waals surface area contributed by atoms with E-state index in [-0.39, 0.29) is 4.90 Å². The number of nitrogens with zero attached hydrogens (tertiary/aromatic N) is 4. The lowest BCUT2D eigenvalue weighted by molar-refractivity contribution is -0.137. The topological polar surface area (TPSA) is 76.1 Å². The highest BCUT2D eigenvalue weighted by molar-refractivity contribution is 8.14. The minimum Gasteiger partial charge on any atom is -0.263 e. The first-order chi connectivity index (χ1) is 13.2. The molecule has 28 heavy (non-hydrogen) atoms. The first kappa shape index (κ1) is 20.4. The molecule has 3 heterocycles. The molecule has 0 aliphatic rings. The molecule has 0 aliphatic heterocycles. The number of hydrogen-bond acceptors (Lipinski definition) is 6. The predicted molar refractivity (Wildman–Crippen MR) is 98.2 cm³/mol. The Kier molecular flexibility index (Phi) is 5.77. The fraction of sp³-hybridized carbons (Fsp3) is 0.0625. The van der Waals surface area contributed by atoms with Crippen molar-refractivity contribution in [1.29, 1.82) is 0 Å². The van der Waals surface area contributed by atoms with Crippen LogP contribution in [-0.4, -0.2) is 23.4 Å². The molecule has 0 spiro atoms. The van der Waals surface area contributed by atoms with Crippen molar-refractivity contribution in [2.45, 2.75) is 16.0 Å². The van der Waals surface area contributed by atoms with E-state index >= 15 is 0 Å². The number of hydrogen-bond donors (Lipinski definition) is 0. The SMILES string of the molecule is O=S(=O)(c1cccnc1)N(Sc1cccnc1)c1cc(C(F)(F)F)cnc1Cl. The molecule has 0 atom stereocenters. The van der Waals surface area contributed by atoms with E-state index < -0.39 is 32.6 Å². The molecule has 0 N–H and O–H groups in total. The van der Waals surface area contributed by atoms with Gasteiger partial charge in [-0.05, 0) is 30.3 Å². The lowest BCUT2D eigenvalue weighted by Gasteiger charge is -2.24. The van der Waals surface area contributed by atoms with Crippen LogP contribution in [0, 0.1) is 0 Å². The first-order valence-electron chi connectivity index (χ1n) is 7.45. The van der Waals surface area contributed by atoms with Crippen molar-refractivity contribution in [2.75, 3.05) is 3.71 Å². The second-order valence-corrected chi connectivity index (χ2v) is 8.63. The van der Waals surface area contributed by atoms with Gasteiger partial charge >= 0.3 is 6.18 Å².